The van der Waals surface area contributed by atoms with Gasteiger partial charge < -0.3 is 15.0 Å². The van der Waals surface area contributed by atoms with E-state index in [2.05, 4.69) is 5.32 Å². The Hall–Kier alpha value is -1.96. The molecule has 0 bridgehead atoms. The van der Waals surface area contributed by atoms with E-state index in [1.807, 2.05) is 13.8 Å². The fourth-order valence-electron chi connectivity index (χ4n) is 2.53. The summed E-state index contributed by atoms with van der Waals surface area (Å²) in [4.78, 5) is 25.9. The van der Waals surface area contributed by atoms with Crippen molar-refractivity contribution in [2.45, 2.75) is 32.5 Å². The molecule has 1 saturated heterocycles. The highest BCUT2D eigenvalue weighted by Gasteiger charge is 2.36. The van der Waals surface area contributed by atoms with Crippen molar-refractivity contribution in [2.24, 2.45) is 5.92 Å². The molecule has 1 aromatic carbocycles. The molecule has 1 N–H and O–H groups in total. The quantitative estimate of drug-likeness (QED) is 0.853. The molecule has 138 valence electrons. The molecule has 1 atom stereocenters. The van der Waals surface area contributed by atoms with Crippen LogP contribution >= 0.6 is 11.6 Å². The lowest BCUT2D eigenvalue weighted by Crippen LogP contribution is -2.33. The van der Waals surface area contributed by atoms with E-state index < -0.39 is 24.6 Å². The van der Waals surface area contributed by atoms with Crippen LogP contribution in [0.25, 0.3) is 0 Å². The van der Waals surface area contributed by atoms with Crippen molar-refractivity contribution < 1.29 is 27.5 Å². The van der Waals surface area contributed by atoms with E-state index in [-0.39, 0.29) is 41.4 Å². The Morgan fingerprint density at radius 2 is 2.12 bits per heavy atom. The van der Waals surface area contributed by atoms with E-state index in [4.69, 9.17) is 16.3 Å². The van der Waals surface area contributed by atoms with E-state index in [1.165, 1.54) is 18.2 Å². The number of carbonyl (C=O) groups excluding carboxylic acids is 2. The molecule has 0 spiro atoms. The molecule has 2 rings (SSSR count). The zero-order chi connectivity index (χ0) is 18.8. The summed E-state index contributed by atoms with van der Waals surface area (Å²) in [5.41, 5.74) is 0.0391. The third kappa shape index (κ3) is 5.26. The van der Waals surface area contributed by atoms with Crippen LogP contribution in [0.1, 0.15) is 20.3 Å². The maximum absolute atomic E-state index is 12.4. The minimum atomic E-state index is -4.50. The second kappa shape index (κ2) is 7.51. The topological polar surface area (TPSA) is 58.6 Å². The molecule has 9 heteroatoms. The van der Waals surface area contributed by atoms with Crippen LogP contribution in [0.4, 0.5) is 18.9 Å². The molecule has 1 aromatic rings. The number of nitrogens with one attached hydrogen (secondary N) is 1. The molecule has 25 heavy (non-hydrogen) atoms. The van der Waals surface area contributed by atoms with Gasteiger partial charge in [0.15, 0.2) is 6.61 Å². The monoisotopic (exact) mass is 378 g/mol. The van der Waals surface area contributed by atoms with E-state index in [1.54, 1.807) is 4.90 Å². The smallest absolute Gasteiger partial charge is 0.422 e. The summed E-state index contributed by atoms with van der Waals surface area (Å²) in [5, 5.41) is 2.75. The van der Waals surface area contributed by atoms with Gasteiger partial charge in [0.1, 0.15) is 5.75 Å². The number of benzene rings is 1. The highest BCUT2D eigenvalue weighted by Crippen LogP contribution is 2.31. The molecule has 5 nitrogen and oxygen atoms in total. The van der Waals surface area contributed by atoms with E-state index in [0.29, 0.717) is 0 Å². The number of ether oxygens (including phenoxy) is 1. The highest BCUT2D eigenvalue weighted by molar-refractivity contribution is 6.31. The molecular weight excluding hydrogens is 361 g/mol. The molecule has 1 fully saturated rings. The number of rotatable bonds is 5. The van der Waals surface area contributed by atoms with Gasteiger partial charge in [-0.1, -0.05) is 11.6 Å². The Balaban J connectivity index is 2.10. The van der Waals surface area contributed by atoms with Crippen LogP contribution in [-0.2, 0) is 9.59 Å². The molecule has 1 aliphatic rings. The number of carbonyl (C=O) groups is 2. The van der Waals surface area contributed by atoms with Crippen LogP contribution in [0.3, 0.4) is 0 Å². The van der Waals surface area contributed by atoms with E-state index in [0.717, 1.165) is 0 Å². The first-order valence-electron chi connectivity index (χ1n) is 7.66. The van der Waals surface area contributed by atoms with Crippen molar-refractivity contribution in [3.63, 3.8) is 0 Å². The second-order valence-corrected chi connectivity index (χ2v) is 6.51. The maximum Gasteiger partial charge on any atom is 0.422 e. The van der Waals surface area contributed by atoms with Gasteiger partial charge >= 0.3 is 6.18 Å². The number of alkyl halides is 3. The van der Waals surface area contributed by atoms with E-state index >= 15 is 0 Å². The van der Waals surface area contributed by atoms with Gasteiger partial charge in [0.05, 0.1) is 11.6 Å². The summed E-state index contributed by atoms with van der Waals surface area (Å²) in [6.45, 7) is 2.47. The SMILES string of the molecule is CC(C)N1CC(C(=O)Nc2cc(Cl)ccc2OCC(F)(F)F)CC1=O. The van der Waals surface area contributed by atoms with Crippen molar-refractivity contribution >= 4 is 29.1 Å². The van der Waals surface area contributed by atoms with E-state index in [9.17, 15) is 22.8 Å². The molecule has 1 aliphatic heterocycles. The average molecular weight is 379 g/mol. The second-order valence-electron chi connectivity index (χ2n) is 6.07. The largest absolute Gasteiger partial charge is 0.482 e. The molecule has 2 amide bonds. The fraction of sp³-hybridized carbons (Fsp3) is 0.500. The lowest BCUT2D eigenvalue weighted by Gasteiger charge is -2.21. The Labute approximate surface area is 148 Å². The van der Waals surface area contributed by atoms with Crippen molar-refractivity contribution in [3.05, 3.63) is 23.2 Å². The molecule has 1 heterocycles. The molecule has 0 aromatic heterocycles. The van der Waals surface area contributed by atoms with Crippen LogP contribution in [0.2, 0.25) is 5.02 Å². The van der Waals surface area contributed by atoms with Crippen molar-refractivity contribution in [2.75, 3.05) is 18.5 Å². The Morgan fingerprint density at radius 1 is 1.44 bits per heavy atom. The van der Waals surface area contributed by atoms with Crippen molar-refractivity contribution in [1.29, 1.82) is 0 Å². The summed E-state index contributed by atoms with van der Waals surface area (Å²) >= 11 is 5.85. The van der Waals surface area contributed by atoms with Crippen LogP contribution < -0.4 is 10.1 Å². The van der Waals surface area contributed by atoms with Crippen LogP contribution in [-0.4, -0.2) is 42.1 Å². The average Bonchev–Trinajstić information content (AvgIpc) is 2.88. The first kappa shape index (κ1) is 19.4. The summed E-state index contributed by atoms with van der Waals surface area (Å²) < 4.78 is 41.7. The van der Waals surface area contributed by atoms with Gasteiger partial charge in [-0.05, 0) is 32.0 Å². The Bertz CT molecular complexity index is 665. The first-order valence-corrected chi connectivity index (χ1v) is 8.04. The summed E-state index contributed by atoms with van der Waals surface area (Å²) in [7, 11) is 0. The van der Waals surface area contributed by atoms with Crippen molar-refractivity contribution in [1.82, 2.24) is 4.90 Å². The normalized spacial score (nSPS) is 18.0. The minimum Gasteiger partial charge on any atom is -0.482 e. The lowest BCUT2D eigenvalue weighted by molar-refractivity contribution is -0.153. The molecule has 0 saturated carbocycles. The van der Waals surface area contributed by atoms with Crippen molar-refractivity contribution in [3.8, 4) is 5.75 Å². The van der Waals surface area contributed by atoms with Crippen LogP contribution in [0.5, 0.6) is 5.75 Å². The van der Waals surface area contributed by atoms with Crippen LogP contribution in [0, 0.1) is 5.92 Å². The number of likely N-dealkylation sites (tertiary alicyclic amines) is 1. The number of amides is 2. The number of hydrogen-bond donors (Lipinski definition) is 1. The third-order valence-corrected chi connectivity index (χ3v) is 3.98. The standard InChI is InChI=1S/C16H18ClF3N2O3/c1-9(2)22-7-10(5-14(22)23)15(24)21-12-6-11(17)3-4-13(12)25-8-16(18,19)20/h3-4,6,9-10H,5,7-8H2,1-2H3,(H,21,24). The fourth-order valence-corrected chi connectivity index (χ4v) is 2.70. The lowest BCUT2D eigenvalue weighted by atomic mass is 10.1. The highest BCUT2D eigenvalue weighted by atomic mass is 35.5. The molecule has 0 radical (unpaired) electrons. The zero-order valence-corrected chi connectivity index (χ0v) is 14.4. The Kier molecular flexibility index (Phi) is 5.82. The number of halogens is 4. The number of anilines is 1. The predicted molar refractivity (Wildman–Crippen MR) is 86.6 cm³/mol. The zero-order valence-electron chi connectivity index (χ0n) is 13.7. The summed E-state index contributed by atoms with van der Waals surface area (Å²) in [6, 6.07) is 3.90. The van der Waals surface area contributed by atoms with Gasteiger partial charge in [-0.3, -0.25) is 9.59 Å². The van der Waals surface area contributed by atoms with Gasteiger partial charge in [0, 0.05) is 24.0 Å². The third-order valence-electron chi connectivity index (χ3n) is 3.74. The number of nitrogens with zero attached hydrogens (tertiary/aromatic N) is 1. The first-order chi connectivity index (χ1) is 11.6. The Morgan fingerprint density at radius 3 is 2.68 bits per heavy atom. The number of hydrogen-bond acceptors (Lipinski definition) is 3. The van der Waals surface area contributed by atoms with Gasteiger partial charge in [-0.2, -0.15) is 13.2 Å². The molecule has 1 unspecified atom stereocenters. The van der Waals surface area contributed by atoms with Gasteiger partial charge in [-0.25, -0.2) is 0 Å². The minimum absolute atomic E-state index is 0.0258. The summed E-state index contributed by atoms with van der Waals surface area (Å²) in [6.07, 6.45) is -4.44. The summed E-state index contributed by atoms with van der Waals surface area (Å²) in [5.74, 6) is -1.31. The molecular formula is C16H18ClF3N2O3. The van der Waals surface area contributed by atoms with Gasteiger partial charge in [0.25, 0.3) is 0 Å². The van der Waals surface area contributed by atoms with Crippen LogP contribution in [0.15, 0.2) is 18.2 Å². The maximum atomic E-state index is 12.4. The van der Waals surface area contributed by atoms with Gasteiger partial charge in [0.2, 0.25) is 11.8 Å². The predicted octanol–water partition coefficient (Wildman–Crippen LogP) is 3.48. The molecule has 0 aliphatic carbocycles. The van der Waals surface area contributed by atoms with Gasteiger partial charge in [-0.15, -0.1) is 0 Å².